The Morgan fingerprint density at radius 2 is 1.92 bits per heavy atom. The van der Waals surface area contributed by atoms with Crippen LogP contribution in [0.1, 0.15) is 18.7 Å². The van der Waals surface area contributed by atoms with Crippen LogP contribution in [0.5, 0.6) is 11.5 Å². The van der Waals surface area contributed by atoms with Crippen molar-refractivity contribution in [3.63, 3.8) is 0 Å². The fraction of sp³-hybridized carbons (Fsp3) is 0.556. The normalized spacial score (nSPS) is 13.2. The molecule has 68 valence electrons. The Morgan fingerprint density at radius 3 is 2.58 bits per heavy atom. The lowest BCUT2D eigenvalue weighted by Crippen LogP contribution is -2.14. The van der Waals surface area contributed by atoms with E-state index in [2.05, 4.69) is 0 Å². The first kappa shape index (κ1) is 9.39. The van der Waals surface area contributed by atoms with Gasteiger partial charge in [0.05, 0.1) is 0 Å². The third-order valence-electron chi connectivity index (χ3n) is 1.47. The van der Waals surface area contributed by atoms with E-state index in [0.717, 1.165) is 11.5 Å². The van der Waals surface area contributed by atoms with E-state index >= 15 is 0 Å². The molecule has 1 aromatic heterocycles. The topological polar surface area (TPSA) is 18.5 Å². The average molecular weight is 186 g/mol. The van der Waals surface area contributed by atoms with E-state index in [0.29, 0.717) is 13.2 Å². The van der Waals surface area contributed by atoms with Gasteiger partial charge in [-0.3, -0.25) is 0 Å². The maximum atomic E-state index is 5.38. The number of rotatable bonds is 0. The van der Waals surface area contributed by atoms with Crippen LogP contribution >= 0.6 is 11.3 Å². The summed E-state index contributed by atoms with van der Waals surface area (Å²) in [4.78, 5) is 1.20. The number of fused-ring (bicyclic) bond motifs is 1. The van der Waals surface area contributed by atoms with Crippen LogP contribution in [0.25, 0.3) is 0 Å². The molecule has 0 amide bonds. The smallest absolute Gasteiger partial charge is 0.174 e. The largest absolute Gasteiger partial charge is 0.485 e. The van der Waals surface area contributed by atoms with E-state index in [1.165, 1.54) is 4.88 Å². The van der Waals surface area contributed by atoms with Gasteiger partial charge in [0.25, 0.3) is 0 Å². The van der Waals surface area contributed by atoms with Crippen LogP contribution in [-0.4, -0.2) is 13.2 Å². The summed E-state index contributed by atoms with van der Waals surface area (Å²) in [6, 6.07) is 0. The Hall–Kier alpha value is -0.700. The highest BCUT2D eigenvalue weighted by molar-refractivity contribution is 7.10. The number of thiophene rings is 1. The van der Waals surface area contributed by atoms with Gasteiger partial charge >= 0.3 is 0 Å². The Balaban J connectivity index is 0.000000336. The quantitative estimate of drug-likeness (QED) is 0.620. The molecule has 1 aliphatic rings. The predicted octanol–water partition coefficient (Wildman–Crippen LogP) is 2.85. The molecule has 1 aliphatic heterocycles. The number of hydrogen-bond acceptors (Lipinski definition) is 3. The lowest BCUT2D eigenvalue weighted by Gasteiger charge is -2.14. The molecule has 0 fully saturated rings. The molecule has 0 unspecified atom stereocenters. The first-order valence-electron chi connectivity index (χ1n) is 4.21. The molecular weight excluding hydrogens is 172 g/mol. The van der Waals surface area contributed by atoms with Gasteiger partial charge in [-0.25, -0.2) is 0 Å². The Kier molecular flexibility index (Phi) is 3.41. The van der Waals surface area contributed by atoms with Gasteiger partial charge in [0, 0.05) is 10.3 Å². The van der Waals surface area contributed by atoms with Crippen molar-refractivity contribution in [2.75, 3.05) is 13.2 Å². The maximum absolute atomic E-state index is 5.38. The van der Waals surface area contributed by atoms with Gasteiger partial charge in [0.2, 0.25) is 0 Å². The van der Waals surface area contributed by atoms with Gasteiger partial charge in [0.1, 0.15) is 13.2 Å². The maximum Gasteiger partial charge on any atom is 0.174 e. The summed E-state index contributed by atoms with van der Waals surface area (Å²) in [5.41, 5.74) is 0. The van der Waals surface area contributed by atoms with Crippen LogP contribution in [0, 0.1) is 6.92 Å². The SMILES string of the molecule is CC.Cc1scc2c1OCCO2. The van der Waals surface area contributed by atoms with E-state index in [4.69, 9.17) is 9.47 Å². The van der Waals surface area contributed by atoms with Gasteiger partial charge in [0.15, 0.2) is 11.5 Å². The Labute approximate surface area is 77.1 Å². The van der Waals surface area contributed by atoms with Crippen LogP contribution in [0.3, 0.4) is 0 Å². The van der Waals surface area contributed by atoms with E-state index in [1.54, 1.807) is 11.3 Å². The molecule has 0 aromatic carbocycles. The first-order chi connectivity index (χ1) is 5.88. The van der Waals surface area contributed by atoms with Crippen LogP contribution in [0.2, 0.25) is 0 Å². The molecule has 1 aromatic rings. The first-order valence-corrected chi connectivity index (χ1v) is 5.09. The van der Waals surface area contributed by atoms with Crippen LogP contribution in [0.4, 0.5) is 0 Å². The van der Waals surface area contributed by atoms with Gasteiger partial charge in [-0.2, -0.15) is 0 Å². The molecule has 0 N–H and O–H groups in total. The van der Waals surface area contributed by atoms with Crippen LogP contribution in [-0.2, 0) is 0 Å². The summed E-state index contributed by atoms with van der Waals surface area (Å²) in [5.74, 6) is 1.85. The van der Waals surface area contributed by atoms with Gasteiger partial charge in [-0.1, -0.05) is 13.8 Å². The highest BCUT2D eigenvalue weighted by atomic mass is 32.1. The van der Waals surface area contributed by atoms with Gasteiger partial charge in [-0.05, 0) is 6.92 Å². The van der Waals surface area contributed by atoms with Crippen molar-refractivity contribution in [3.8, 4) is 11.5 Å². The number of aryl methyl sites for hydroxylation is 1. The molecule has 0 bridgehead atoms. The van der Waals surface area contributed by atoms with Crippen molar-refractivity contribution < 1.29 is 9.47 Å². The Morgan fingerprint density at radius 1 is 1.25 bits per heavy atom. The number of ether oxygens (including phenoxy) is 2. The molecule has 0 spiro atoms. The zero-order chi connectivity index (χ0) is 8.97. The predicted molar refractivity (Wildman–Crippen MR) is 51.4 cm³/mol. The van der Waals surface area contributed by atoms with E-state index < -0.39 is 0 Å². The summed E-state index contributed by atoms with van der Waals surface area (Å²) >= 11 is 1.67. The van der Waals surface area contributed by atoms with Crippen molar-refractivity contribution in [1.29, 1.82) is 0 Å². The fourth-order valence-corrected chi connectivity index (χ4v) is 1.72. The molecule has 2 rings (SSSR count). The van der Waals surface area contributed by atoms with Crippen molar-refractivity contribution in [2.24, 2.45) is 0 Å². The molecule has 0 saturated carbocycles. The third kappa shape index (κ3) is 1.72. The highest BCUT2D eigenvalue weighted by Crippen LogP contribution is 2.38. The molecule has 12 heavy (non-hydrogen) atoms. The molecule has 0 aliphatic carbocycles. The van der Waals surface area contributed by atoms with Crippen LogP contribution in [0.15, 0.2) is 5.38 Å². The van der Waals surface area contributed by atoms with Crippen molar-refractivity contribution in [1.82, 2.24) is 0 Å². The van der Waals surface area contributed by atoms with Gasteiger partial charge < -0.3 is 9.47 Å². The second-order valence-electron chi connectivity index (χ2n) is 2.18. The zero-order valence-electron chi connectivity index (χ0n) is 7.72. The third-order valence-corrected chi connectivity index (χ3v) is 2.34. The molecule has 2 nitrogen and oxygen atoms in total. The number of hydrogen-bond donors (Lipinski definition) is 0. The summed E-state index contributed by atoms with van der Waals surface area (Å²) in [5, 5.41) is 1.99. The van der Waals surface area contributed by atoms with Crippen molar-refractivity contribution in [2.45, 2.75) is 20.8 Å². The minimum Gasteiger partial charge on any atom is -0.485 e. The molecule has 3 heteroatoms. The standard InChI is InChI=1S/C7H8O2S.C2H6/c1-5-7-6(4-10-5)8-2-3-9-7;1-2/h4H,2-3H2,1H3;1-2H3. The van der Waals surface area contributed by atoms with Crippen molar-refractivity contribution in [3.05, 3.63) is 10.3 Å². The van der Waals surface area contributed by atoms with Crippen molar-refractivity contribution >= 4 is 11.3 Å². The fourth-order valence-electron chi connectivity index (χ4n) is 0.990. The molecule has 2 heterocycles. The highest BCUT2D eigenvalue weighted by Gasteiger charge is 2.14. The summed E-state index contributed by atoms with van der Waals surface area (Å²) in [7, 11) is 0. The molecule has 0 atom stereocenters. The van der Waals surface area contributed by atoms with E-state index in [1.807, 2.05) is 26.2 Å². The summed E-state index contributed by atoms with van der Waals surface area (Å²) in [6.07, 6.45) is 0. The van der Waals surface area contributed by atoms with Gasteiger partial charge in [-0.15, -0.1) is 11.3 Å². The van der Waals surface area contributed by atoms with E-state index in [9.17, 15) is 0 Å². The monoisotopic (exact) mass is 186 g/mol. The second-order valence-corrected chi connectivity index (χ2v) is 3.27. The second kappa shape index (κ2) is 4.36. The molecule has 0 radical (unpaired) electrons. The molecular formula is C9H14O2S. The summed E-state index contributed by atoms with van der Waals surface area (Å²) < 4.78 is 10.7. The summed E-state index contributed by atoms with van der Waals surface area (Å²) in [6.45, 7) is 7.41. The molecule has 0 saturated heterocycles. The average Bonchev–Trinajstić information content (AvgIpc) is 2.53. The minimum atomic E-state index is 0.684. The van der Waals surface area contributed by atoms with Crippen LogP contribution < -0.4 is 9.47 Å². The lowest BCUT2D eigenvalue weighted by molar-refractivity contribution is 0.172. The lowest BCUT2D eigenvalue weighted by atomic mass is 10.4. The zero-order valence-corrected chi connectivity index (χ0v) is 8.53. The Bertz CT molecular complexity index is 243. The van der Waals surface area contributed by atoms with E-state index in [-0.39, 0.29) is 0 Å². The minimum absolute atomic E-state index is 0.684.